The van der Waals surface area contributed by atoms with Crippen LogP contribution < -0.4 is 15.8 Å². The van der Waals surface area contributed by atoms with Crippen molar-refractivity contribution in [1.29, 1.82) is 0 Å². The Labute approximate surface area is 193 Å². The maximum Gasteiger partial charge on any atom is 0.253 e. The van der Waals surface area contributed by atoms with Gasteiger partial charge in [-0.15, -0.1) is 0 Å². The zero-order chi connectivity index (χ0) is 24.3. The minimum atomic E-state index is -0.708. The fraction of sp³-hybridized carbons (Fsp3) is 0.400. The Balaban J connectivity index is 1.53. The van der Waals surface area contributed by atoms with E-state index in [1.807, 2.05) is 39.8 Å². The number of hydrogen-bond donors (Lipinski definition) is 3. The third-order valence-electron chi connectivity index (χ3n) is 5.91. The molecule has 0 bridgehead atoms. The van der Waals surface area contributed by atoms with Crippen LogP contribution in [0.1, 0.15) is 37.8 Å². The Hall–Kier alpha value is -3.39. The molecule has 0 aromatic heterocycles. The minimum absolute atomic E-state index is 0.0901. The number of aryl methyl sites for hydroxylation is 2. The Morgan fingerprint density at radius 2 is 1.79 bits per heavy atom. The number of phenols is 1. The predicted octanol–water partition coefficient (Wildman–Crippen LogP) is 2.39. The molecule has 8 nitrogen and oxygen atoms in total. The Kier molecular flexibility index (Phi) is 7.38. The summed E-state index contributed by atoms with van der Waals surface area (Å²) in [5, 5.41) is 12.7. The third kappa shape index (κ3) is 5.70. The maximum atomic E-state index is 12.4. The van der Waals surface area contributed by atoms with Crippen molar-refractivity contribution in [3.63, 3.8) is 0 Å². The van der Waals surface area contributed by atoms with Crippen molar-refractivity contribution in [3.8, 4) is 11.5 Å². The number of rotatable bonds is 8. The average molecular weight is 454 g/mol. The number of carbonyl (C=O) groups is 3. The number of allylic oxidation sites excluding steroid dienone is 3. The molecule has 0 fully saturated rings. The largest absolute Gasteiger partial charge is 0.507 e. The van der Waals surface area contributed by atoms with Crippen LogP contribution in [0.15, 0.2) is 47.3 Å². The van der Waals surface area contributed by atoms with E-state index in [1.165, 1.54) is 12.2 Å². The number of nitrogens with two attached hydrogens (primary N) is 1. The van der Waals surface area contributed by atoms with E-state index in [-0.39, 0.29) is 42.5 Å². The normalized spacial score (nSPS) is 19.1. The van der Waals surface area contributed by atoms with Gasteiger partial charge in [-0.1, -0.05) is 6.08 Å². The lowest BCUT2D eigenvalue weighted by molar-refractivity contribution is -0.137. The lowest BCUT2D eigenvalue weighted by atomic mass is 9.86. The van der Waals surface area contributed by atoms with Crippen molar-refractivity contribution in [2.24, 2.45) is 11.7 Å². The number of ether oxygens (including phenoxy) is 1. The molecule has 1 heterocycles. The van der Waals surface area contributed by atoms with Crippen molar-refractivity contribution in [2.75, 3.05) is 13.1 Å². The second-order valence-electron chi connectivity index (χ2n) is 8.73. The lowest BCUT2D eigenvalue weighted by Gasteiger charge is -2.26. The fourth-order valence-electron chi connectivity index (χ4n) is 4.23. The Bertz CT molecular complexity index is 1030. The summed E-state index contributed by atoms with van der Waals surface area (Å²) in [6.07, 6.45) is 5.68. The van der Waals surface area contributed by atoms with Gasteiger partial charge in [0.2, 0.25) is 5.91 Å². The summed E-state index contributed by atoms with van der Waals surface area (Å²) in [4.78, 5) is 36.6. The van der Waals surface area contributed by atoms with Gasteiger partial charge in [0.1, 0.15) is 17.3 Å². The van der Waals surface area contributed by atoms with Crippen LogP contribution in [-0.2, 0) is 14.4 Å². The molecule has 1 aromatic rings. The molecule has 33 heavy (non-hydrogen) atoms. The summed E-state index contributed by atoms with van der Waals surface area (Å²) in [6, 6.07) is 2.91. The molecular formula is C25H31N3O5. The summed E-state index contributed by atoms with van der Waals surface area (Å²) in [6.45, 7) is 7.91. The highest BCUT2D eigenvalue weighted by Crippen LogP contribution is 2.34. The van der Waals surface area contributed by atoms with Crippen molar-refractivity contribution in [1.82, 2.24) is 10.2 Å². The second-order valence-corrected chi connectivity index (χ2v) is 8.73. The first kappa shape index (κ1) is 24.3. The van der Waals surface area contributed by atoms with Crippen molar-refractivity contribution >= 4 is 17.7 Å². The predicted molar refractivity (Wildman–Crippen MR) is 124 cm³/mol. The quantitative estimate of drug-likeness (QED) is 0.520. The smallest absolute Gasteiger partial charge is 0.253 e. The van der Waals surface area contributed by atoms with Crippen LogP contribution in [0.4, 0.5) is 0 Å². The van der Waals surface area contributed by atoms with Crippen LogP contribution in [0.2, 0.25) is 0 Å². The van der Waals surface area contributed by atoms with Crippen molar-refractivity contribution < 1.29 is 24.2 Å². The molecule has 4 N–H and O–H groups in total. The highest BCUT2D eigenvalue weighted by molar-refractivity contribution is 6.12. The summed E-state index contributed by atoms with van der Waals surface area (Å²) < 4.78 is 6.14. The van der Waals surface area contributed by atoms with E-state index in [4.69, 9.17) is 10.5 Å². The number of nitrogens with one attached hydrogen (secondary N) is 1. The first-order chi connectivity index (χ1) is 15.6. The molecule has 2 atom stereocenters. The van der Waals surface area contributed by atoms with Gasteiger partial charge < -0.3 is 20.9 Å². The van der Waals surface area contributed by atoms with Crippen LogP contribution in [0, 0.1) is 19.8 Å². The number of phenolic OH excluding ortho intramolecular Hbond substituents is 1. The summed E-state index contributed by atoms with van der Waals surface area (Å²) in [7, 11) is 0. The fourth-order valence-corrected chi connectivity index (χ4v) is 4.23. The van der Waals surface area contributed by atoms with E-state index in [0.717, 1.165) is 32.9 Å². The van der Waals surface area contributed by atoms with Gasteiger partial charge >= 0.3 is 0 Å². The monoisotopic (exact) mass is 453 g/mol. The van der Waals surface area contributed by atoms with Gasteiger partial charge in [0.25, 0.3) is 11.8 Å². The van der Waals surface area contributed by atoms with E-state index in [0.29, 0.717) is 18.6 Å². The number of nitrogens with zero attached hydrogens (tertiary/aromatic N) is 1. The summed E-state index contributed by atoms with van der Waals surface area (Å²) in [5.41, 5.74) is 9.67. The molecule has 176 valence electrons. The molecule has 0 saturated heterocycles. The van der Waals surface area contributed by atoms with Gasteiger partial charge in [-0.3, -0.25) is 19.3 Å². The minimum Gasteiger partial charge on any atom is -0.507 e. The van der Waals surface area contributed by atoms with Crippen LogP contribution in [-0.4, -0.2) is 46.9 Å². The number of aromatic hydroxyl groups is 1. The first-order valence-corrected chi connectivity index (χ1v) is 11.0. The van der Waals surface area contributed by atoms with Crippen LogP contribution in [0.25, 0.3) is 0 Å². The first-order valence-electron chi connectivity index (χ1n) is 11.0. The van der Waals surface area contributed by atoms with Gasteiger partial charge in [-0.25, -0.2) is 0 Å². The van der Waals surface area contributed by atoms with Crippen molar-refractivity contribution in [2.45, 2.75) is 46.6 Å². The van der Waals surface area contributed by atoms with E-state index in [2.05, 4.69) is 11.4 Å². The second kappa shape index (κ2) is 10.0. The molecular weight excluding hydrogens is 422 g/mol. The zero-order valence-electron chi connectivity index (χ0n) is 19.5. The maximum absolute atomic E-state index is 12.4. The van der Waals surface area contributed by atoms with Gasteiger partial charge in [0, 0.05) is 25.2 Å². The summed E-state index contributed by atoms with van der Waals surface area (Å²) in [5.74, 6) is 0.760. The van der Waals surface area contributed by atoms with Crippen LogP contribution in [0.5, 0.6) is 11.5 Å². The highest BCUT2D eigenvalue weighted by atomic mass is 16.5. The zero-order valence-corrected chi connectivity index (χ0v) is 19.5. The Morgan fingerprint density at radius 3 is 2.36 bits per heavy atom. The molecule has 3 amide bonds. The standard InChI is InChI=1S/C25H31N3O5/c1-14-11-19(12-15(2)23(14)31)33-24-16(3)9-18(10-17(24)4)13-20(26)25(32)27-7-8-28-21(29)5-6-22(28)30/h5-6,9,11-12,18,20,31H,7-8,10,13,26H2,1-4H3,(H,27,32). The van der Waals surface area contributed by atoms with E-state index in [9.17, 15) is 19.5 Å². The number of hydrogen-bond acceptors (Lipinski definition) is 6. The average Bonchev–Trinajstić information content (AvgIpc) is 3.06. The van der Waals surface area contributed by atoms with Gasteiger partial charge in [0.15, 0.2) is 0 Å². The molecule has 1 aliphatic carbocycles. The number of amides is 3. The number of imide groups is 1. The van der Waals surface area contributed by atoms with E-state index in [1.54, 1.807) is 0 Å². The van der Waals surface area contributed by atoms with E-state index >= 15 is 0 Å². The summed E-state index contributed by atoms with van der Waals surface area (Å²) >= 11 is 0. The number of carbonyl (C=O) groups excluding carboxylic acids is 3. The van der Waals surface area contributed by atoms with Crippen LogP contribution in [0.3, 0.4) is 0 Å². The molecule has 1 aromatic carbocycles. The molecule has 0 saturated carbocycles. The molecule has 2 unspecified atom stereocenters. The van der Waals surface area contributed by atoms with E-state index < -0.39 is 6.04 Å². The SMILES string of the molecule is CC1=CC(CC(N)C(=O)NCCN2C(=O)C=CC2=O)CC(C)=C1Oc1cc(C)c(O)c(C)c1. The molecule has 2 aliphatic rings. The third-order valence-corrected chi connectivity index (χ3v) is 5.91. The lowest BCUT2D eigenvalue weighted by Crippen LogP contribution is -2.45. The molecule has 8 heteroatoms. The molecule has 3 rings (SSSR count). The van der Waals surface area contributed by atoms with Gasteiger partial charge in [-0.2, -0.15) is 0 Å². The Morgan fingerprint density at radius 1 is 1.18 bits per heavy atom. The van der Waals surface area contributed by atoms with Gasteiger partial charge in [-0.05, 0) is 80.9 Å². The topological polar surface area (TPSA) is 122 Å². The van der Waals surface area contributed by atoms with Crippen molar-refractivity contribution in [3.05, 3.63) is 58.4 Å². The molecule has 1 aliphatic heterocycles. The molecule has 0 radical (unpaired) electrons. The number of benzene rings is 1. The van der Waals surface area contributed by atoms with Crippen LogP contribution >= 0.6 is 0 Å². The highest BCUT2D eigenvalue weighted by Gasteiger charge is 2.26. The van der Waals surface area contributed by atoms with Gasteiger partial charge in [0.05, 0.1) is 6.04 Å². The molecule has 0 spiro atoms.